The minimum atomic E-state index is 0.0317. The van der Waals surface area contributed by atoms with Crippen molar-refractivity contribution in [3.63, 3.8) is 0 Å². The van der Waals surface area contributed by atoms with Crippen LogP contribution in [-0.4, -0.2) is 41.7 Å². The quantitative estimate of drug-likeness (QED) is 0.877. The van der Waals surface area contributed by atoms with E-state index in [2.05, 4.69) is 10.3 Å². The molecule has 0 radical (unpaired) electrons. The molecule has 0 bridgehead atoms. The molecule has 5 nitrogen and oxygen atoms in total. The molecule has 2 fully saturated rings. The molecule has 1 N–H and O–H groups in total. The highest BCUT2D eigenvalue weighted by Crippen LogP contribution is 2.24. The Balaban J connectivity index is 1.57. The van der Waals surface area contributed by atoms with Gasteiger partial charge in [-0.2, -0.15) is 0 Å². The molecule has 1 saturated carbocycles. The summed E-state index contributed by atoms with van der Waals surface area (Å²) in [5, 5.41) is 3.13. The molecule has 0 spiro atoms. The Morgan fingerprint density at radius 3 is 2.70 bits per heavy atom. The number of hydrogen-bond acceptors (Lipinski definition) is 3. The first-order valence-corrected chi connectivity index (χ1v) is 8.84. The largest absolute Gasteiger partial charge is 0.376 e. The summed E-state index contributed by atoms with van der Waals surface area (Å²) in [6, 6.07) is 3.96. The van der Waals surface area contributed by atoms with E-state index in [-0.39, 0.29) is 12.1 Å². The third-order valence-electron chi connectivity index (χ3n) is 4.87. The molecular weight excluding hydrogens is 290 g/mol. The molecule has 0 unspecified atom stereocenters. The molecule has 1 aliphatic carbocycles. The monoisotopic (exact) mass is 317 g/mol. The second-order valence-electron chi connectivity index (χ2n) is 6.71. The minimum absolute atomic E-state index is 0.0317. The van der Waals surface area contributed by atoms with Crippen LogP contribution in [-0.2, 0) is 11.3 Å². The number of ether oxygens (including phenoxy) is 1. The molecule has 5 heteroatoms. The Labute approximate surface area is 138 Å². The van der Waals surface area contributed by atoms with Gasteiger partial charge in [-0.1, -0.05) is 12.8 Å². The summed E-state index contributed by atoms with van der Waals surface area (Å²) in [6.07, 6.45) is 11.0. The molecular formula is C18H27N3O2. The van der Waals surface area contributed by atoms with Gasteiger partial charge in [0.15, 0.2) is 0 Å². The maximum Gasteiger partial charge on any atom is 0.317 e. The number of pyridine rings is 1. The van der Waals surface area contributed by atoms with Crippen molar-refractivity contribution < 1.29 is 9.53 Å². The summed E-state index contributed by atoms with van der Waals surface area (Å²) < 4.78 is 5.72. The van der Waals surface area contributed by atoms with Gasteiger partial charge in [-0.15, -0.1) is 0 Å². The number of amides is 2. The highest BCUT2D eigenvalue weighted by molar-refractivity contribution is 5.74. The smallest absolute Gasteiger partial charge is 0.317 e. The molecule has 2 heterocycles. The highest BCUT2D eigenvalue weighted by Gasteiger charge is 2.24. The normalized spacial score (nSPS) is 21.5. The zero-order valence-corrected chi connectivity index (χ0v) is 13.7. The van der Waals surface area contributed by atoms with E-state index >= 15 is 0 Å². The fourth-order valence-corrected chi connectivity index (χ4v) is 3.52. The molecule has 1 aliphatic heterocycles. The lowest BCUT2D eigenvalue weighted by molar-refractivity contribution is 0.0793. The maximum atomic E-state index is 12.6. The summed E-state index contributed by atoms with van der Waals surface area (Å²) >= 11 is 0. The molecule has 1 aromatic rings. The van der Waals surface area contributed by atoms with Crippen molar-refractivity contribution in [1.29, 1.82) is 0 Å². The molecule has 3 rings (SSSR count). The molecule has 0 aromatic carbocycles. The number of carbonyl (C=O) groups is 1. The second-order valence-corrected chi connectivity index (χ2v) is 6.71. The van der Waals surface area contributed by atoms with Gasteiger partial charge in [0.1, 0.15) is 0 Å². The number of nitrogens with zero attached hydrogens (tertiary/aromatic N) is 2. The molecule has 23 heavy (non-hydrogen) atoms. The number of rotatable bonds is 6. The number of aromatic nitrogens is 1. The maximum absolute atomic E-state index is 12.6. The number of urea groups is 1. The summed E-state index contributed by atoms with van der Waals surface area (Å²) in [5.41, 5.74) is 1.11. The van der Waals surface area contributed by atoms with Gasteiger partial charge < -0.3 is 15.0 Å². The fourth-order valence-electron chi connectivity index (χ4n) is 3.52. The van der Waals surface area contributed by atoms with E-state index in [1.807, 2.05) is 17.0 Å². The average Bonchev–Trinajstić information content (AvgIpc) is 3.26. The third-order valence-corrected chi connectivity index (χ3v) is 4.87. The van der Waals surface area contributed by atoms with Crippen LogP contribution in [0.5, 0.6) is 0 Å². The van der Waals surface area contributed by atoms with Crippen molar-refractivity contribution in [2.24, 2.45) is 5.92 Å². The van der Waals surface area contributed by atoms with Crippen molar-refractivity contribution in [3.8, 4) is 0 Å². The molecule has 1 aromatic heterocycles. The highest BCUT2D eigenvalue weighted by atomic mass is 16.5. The topological polar surface area (TPSA) is 54.5 Å². The van der Waals surface area contributed by atoms with E-state index in [0.717, 1.165) is 31.6 Å². The molecule has 126 valence electrons. The van der Waals surface area contributed by atoms with E-state index in [1.165, 1.54) is 25.7 Å². The van der Waals surface area contributed by atoms with Crippen LogP contribution in [0.25, 0.3) is 0 Å². The van der Waals surface area contributed by atoms with Crippen LogP contribution in [0.4, 0.5) is 4.79 Å². The zero-order chi connectivity index (χ0) is 15.9. The van der Waals surface area contributed by atoms with Crippen molar-refractivity contribution in [3.05, 3.63) is 30.1 Å². The van der Waals surface area contributed by atoms with E-state index < -0.39 is 0 Å². The SMILES string of the molecule is O=C(NCC1CCCC1)N(Cc1ccncc1)C[C@@H]1CCCO1. The van der Waals surface area contributed by atoms with Crippen molar-refractivity contribution in [2.45, 2.75) is 51.2 Å². The van der Waals surface area contributed by atoms with Gasteiger partial charge in [0, 0.05) is 38.6 Å². The Kier molecular flexibility index (Phi) is 5.86. The number of carbonyl (C=O) groups excluding carboxylic acids is 1. The van der Waals surface area contributed by atoms with Gasteiger partial charge in [0.25, 0.3) is 0 Å². The van der Waals surface area contributed by atoms with E-state index in [9.17, 15) is 4.79 Å². The summed E-state index contributed by atoms with van der Waals surface area (Å²) in [7, 11) is 0. The van der Waals surface area contributed by atoms with Gasteiger partial charge >= 0.3 is 6.03 Å². The molecule has 2 amide bonds. The minimum Gasteiger partial charge on any atom is -0.376 e. The first-order valence-electron chi connectivity index (χ1n) is 8.84. The van der Waals surface area contributed by atoms with Gasteiger partial charge in [0.2, 0.25) is 0 Å². The average molecular weight is 317 g/mol. The van der Waals surface area contributed by atoms with Crippen LogP contribution in [0.3, 0.4) is 0 Å². The van der Waals surface area contributed by atoms with E-state index in [1.54, 1.807) is 12.4 Å². The zero-order valence-electron chi connectivity index (χ0n) is 13.7. The fraction of sp³-hybridized carbons (Fsp3) is 0.667. The van der Waals surface area contributed by atoms with Gasteiger partial charge in [-0.05, 0) is 49.3 Å². The predicted molar refractivity (Wildman–Crippen MR) is 89.0 cm³/mol. The Morgan fingerprint density at radius 1 is 1.22 bits per heavy atom. The van der Waals surface area contributed by atoms with Crippen LogP contribution < -0.4 is 5.32 Å². The molecule has 1 atom stereocenters. The standard InChI is InChI=1S/C18H27N3O2/c22-18(20-12-15-4-1-2-5-15)21(14-17-6-3-11-23-17)13-16-7-9-19-10-8-16/h7-10,15,17H,1-6,11-14H2,(H,20,22)/t17-/m0/s1. The van der Waals surface area contributed by atoms with Gasteiger partial charge in [-0.25, -0.2) is 4.79 Å². The summed E-state index contributed by atoms with van der Waals surface area (Å²) in [5.74, 6) is 0.657. The van der Waals surface area contributed by atoms with Crippen molar-refractivity contribution >= 4 is 6.03 Å². The molecule has 2 aliphatic rings. The van der Waals surface area contributed by atoms with Crippen LogP contribution in [0.15, 0.2) is 24.5 Å². The van der Waals surface area contributed by atoms with Crippen LogP contribution >= 0.6 is 0 Å². The summed E-state index contributed by atoms with van der Waals surface area (Å²) in [4.78, 5) is 18.6. The van der Waals surface area contributed by atoms with Crippen LogP contribution in [0.1, 0.15) is 44.1 Å². The first-order chi connectivity index (χ1) is 11.3. The Hall–Kier alpha value is -1.62. The lowest BCUT2D eigenvalue weighted by Crippen LogP contribution is -2.44. The molecule has 1 saturated heterocycles. The third kappa shape index (κ3) is 4.93. The van der Waals surface area contributed by atoms with Gasteiger partial charge in [-0.3, -0.25) is 4.98 Å². The Morgan fingerprint density at radius 2 is 2.00 bits per heavy atom. The number of nitrogens with one attached hydrogen (secondary N) is 1. The van der Waals surface area contributed by atoms with Crippen molar-refractivity contribution in [2.75, 3.05) is 19.7 Å². The summed E-state index contributed by atoms with van der Waals surface area (Å²) in [6.45, 7) is 2.90. The van der Waals surface area contributed by atoms with Gasteiger partial charge in [0.05, 0.1) is 6.10 Å². The second kappa shape index (κ2) is 8.29. The number of hydrogen-bond donors (Lipinski definition) is 1. The van der Waals surface area contributed by atoms with Crippen LogP contribution in [0.2, 0.25) is 0 Å². The predicted octanol–water partition coefficient (Wildman–Crippen LogP) is 2.96. The Bertz CT molecular complexity index is 482. The van der Waals surface area contributed by atoms with Crippen molar-refractivity contribution in [1.82, 2.24) is 15.2 Å². The lowest BCUT2D eigenvalue weighted by atomic mass is 10.1. The van der Waals surface area contributed by atoms with E-state index in [0.29, 0.717) is 19.0 Å². The lowest BCUT2D eigenvalue weighted by Gasteiger charge is -2.26. The van der Waals surface area contributed by atoms with E-state index in [4.69, 9.17) is 4.74 Å². The first kappa shape index (κ1) is 16.2. The van der Waals surface area contributed by atoms with Crippen LogP contribution in [0, 0.1) is 5.92 Å².